The summed E-state index contributed by atoms with van der Waals surface area (Å²) in [4.78, 5) is 1.23. The summed E-state index contributed by atoms with van der Waals surface area (Å²) in [6.45, 7) is 6.73. The van der Waals surface area contributed by atoms with Crippen LogP contribution in [0, 0.1) is 11.3 Å². The summed E-state index contributed by atoms with van der Waals surface area (Å²) < 4.78 is 2.38. The molecule has 1 aliphatic rings. The molecule has 0 atom stereocenters. The Bertz CT molecular complexity index is 359. The van der Waals surface area contributed by atoms with Crippen LogP contribution >= 0.6 is 11.9 Å². The van der Waals surface area contributed by atoms with E-state index in [1.54, 1.807) is 11.9 Å². The first-order valence-corrected chi connectivity index (χ1v) is 7.50. The van der Waals surface area contributed by atoms with Gasteiger partial charge >= 0.3 is 0 Å². The molecule has 2 rings (SSSR count). The Kier molecular flexibility index (Phi) is 7.55. The Morgan fingerprint density at radius 2 is 1.67 bits per heavy atom. The van der Waals surface area contributed by atoms with Gasteiger partial charge in [-0.25, -0.2) is 4.31 Å². The van der Waals surface area contributed by atoms with Crippen molar-refractivity contribution in [1.29, 1.82) is 5.26 Å². The van der Waals surface area contributed by atoms with Crippen LogP contribution in [0.4, 0.5) is 0 Å². The van der Waals surface area contributed by atoms with E-state index in [-0.39, 0.29) is 0 Å². The molecule has 1 aromatic rings. The quantitative estimate of drug-likeness (QED) is 0.752. The van der Waals surface area contributed by atoms with E-state index in [1.807, 2.05) is 24.3 Å². The SMILES string of the molecule is CCCC.N#Cc1ccc(SN2CCCC2)cc1. The van der Waals surface area contributed by atoms with Crippen LogP contribution in [0.25, 0.3) is 0 Å². The van der Waals surface area contributed by atoms with E-state index in [2.05, 4.69) is 24.2 Å². The highest BCUT2D eigenvalue weighted by Crippen LogP contribution is 2.26. The van der Waals surface area contributed by atoms with Gasteiger partial charge in [-0.3, -0.25) is 0 Å². The van der Waals surface area contributed by atoms with Crippen LogP contribution in [0.5, 0.6) is 0 Å². The molecule has 0 saturated carbocycles. The Labute approximate surface area is 115 Å². The van der Waals surface area contributed by atoms with E-state index in [4.69, 9.17) is 5.26 Å². The van der Waals surface area contributed by atoms with Crippen LogP contribution in [0.2, 0.25) is 0 Å². The molecule has 0 unspecified atom stereocenters. The fourth-order valence-corrected chi connectivity index (χ4v) is 2.52. The predicted octanol–water partition coefficient (Wildman–Crippen LogP) is 4.47. The molecule has 3 heteroatoms. The smallest absolute Gasteiger partial charge is 0.0991 e. The van der Waals surface area contributed by atoms with Crippen LogP contribution in [0.15, 0.2) is 29.2 Å². The highest BCUT2D eigenvalue weighted by Gasteiger charge is 2.12. The summed E-state index contributed by atoms with van der Waals surface area (Å²) in [6.07, 6.45) is 5.26. The number of hydrogen-bond acceptors (Lipinski definition) is 3. The zero-order chi connectivity index (χ0) is 13.2. The average Bonchev–Trinajstić information content (AvgIpc) is 2.93. The lowest BCUT2D eigenvalue weighted by atomic mass is 10.2. The van der Waals surface area contributed by atoms with E-state index in [0.29, 0.717) is 0 Å². The van der Waals surface area contributed by atoms with Gasteiger partial charge in [0.25, 0.3) is 0 Å². The molecule has 1 aromatic carbocycles. The zero-order valence-electron chi connectivity index (χ0n) is 11.4. The lowest BCUT2D eigenvalue weighted by Crippen LogP contribution is -2.08. The summed E-state index contributed by atoms with van der Waals surface area (Å²) in [6, 6.07) is 9.90. The molecular formula is C15H22N2S. The number of benzene rings is 1. The predicted molar refractivity (Wildman–Crippen MR) is 78.4 cm³/mol. The lowest BCUT2D eigenvalue weighted by molar-refractivity contribution is 0.586. The van der Waals surface area contributed by atoms with Crippen LogP contribution in [-0.4, -0.2) is 17.4 Å². The average molecular weight is 262 g/mol. The standard InChI is InChI=1S/C11H12N2S.C4H10/c12-9-10-3-5-11(6-4-10)14-13-7-1-2-8-13;1-3-4-2/h3-6H,1-2,7-8H2;3-4H2,1-2H3. The summed E-state index contributed by atoms with van der Waals surface area (Å²) in [5, 5.41) is 8.65. The minimum absolute atomic E-state index is 0.732. The Hall–Kier alpha value is -0.980. The first-order chi connectivity index (χ1) is 8.80. The van der Waals surface area contributed by atoms with Crippen molar-refractivity contribution in [2.75, 3.05) is 13.1 Å². The second kappa shape index (κ2) is 9.02. The van der Waals surface area contributed by atoms with Crippen molar-refractivity contribution in [1.82, 2.24) is 4.31 Å². The van der Waals surface area contributed by atoms with Crippen molar-refractivity contribution in [2.24, 2.45) is 0 Å². The van der Waals surface area contributed by atoms with Crippen molar-refractivity contribution >= 4 is 11.9 Å². The van der Waals surface area contributed by atoms with Gasteiger partial charge < -0.3 is 0 Å². The van der Waals surface area contributed by atoms with Gasteiger partial charge in [-0.1, -0.05) is 26.7 Å². The van der Waals surface area contributed by atoms with Crippen LogP contribution in [0.1, 0.15) is 45.1 Å². The molecule has 1 aliphatic heterocycles. The molecule has 0 bridgehead atoms. The molecule has 1 fully saturated rings. The summed E-state index contributed by atoms with van der Waals surface area (Å²) in [7, 11) is 0. The number of nitriles is 1. The van der Waals surface area contributed by atoms with Crippen molar-refractivity contribution in [3.8, 4) is 6.07 Å². The highest BCUT2D eigenvalue weighted by atomic mass is 32.2. The molecule has 98 valence electrons. The number of nitrogens with zero attached hydrogens (tertiary/aromatic N) is 2. The van der Waals surface area contributed by atoms with E-state index < -0.39 is 0 Å². The summed E-state index contributed by atoms with van der Waals surface area (Å²) in [5.41, 5.74) is 0.732. The number of hydrogen-bond donors (Lipinski definition) is 0. The van der Waals surface area contributed by atoms with Crippen LogP contribution < -0.4 is 0 Å². The number of rotatable bonds is 3. The fourth-order valence-electron chi connectivity index (χ4n) is 1.52. The number of unbranched alkanes of at least 4 members (excludes halogenated alkanes) is 1. The van der Waals surface area contributed by atoms with E-state index in [9.17, 15) is 0 Å². The molecule has 1 saturated heterocycles. The topological polar surface area (TPSA) is 27.0 Å². The van der Waals surface area contributed by atoms with Gasteiger partial charge in [0.15, 0.2) is 0 Å². The summed E-state index contributed by atoms with van der Waals surface area (Å²) in [5.74, 6) is 0. The maximum Gasteiger partial charge on any atom is 0.0991 e. The van der Waals surface area contributed by atoms with Gasteiger partial charge in [0.1, 0.15) is 0 Å². The maximum absolute atomic E-state index is 8.65. The van der Waals surface area contributed by atoms with Gasteiger partial charge in [-0.2, -0.15) is 5.26 Å². The Morgan fingerprint density at radius 1 is 1.11 bits per heavy atom. The monoisotopic (exact) mass is 262 g/mol. The van der Waals surface area contributed by atoms with Crippen molar-refractivity contribution < 1.29 is 0 Å². The maximum atomic E-state index is 8.65. The molecule has 0 amide bonds. The molecule has 0 aliphatic carbocycles. The van der Waals surface area contributed by atoms with E-state index in [1.165, 1.54) is 43.7 Å². The largest absolute Gasteiger partial charge is 0.246 e. The van der Waals surface area contributed by atoms with E-state index >= 15 is 0 Å². The van der Waals surface area contributed by atoms with Gasteiger partial charge in [0.05, 0.1) is 11.6 Å². The summed E-state index contributed by atoms with van der Waals surface area (Å²) >= 11 is 1.79. The van der Waals surface area contributed by atoms with Gasteiger partial charge in [-0.15, -0.1) is 0 Å². The van der Waals surface area contributed by atoms with Crippen molar-refractivity contribution in [3.63, 3.8) is 0 Å². The van der Waals surface area contributed by atoms with Gasteiger partial charge in [0, 0.05) is 18.0 Å². The molecule has 0 radical (unpaired) electrons. The highest BCUT2D eigenvalue weighted by molar-refractivity contribution is 7.97. The third-order valence-corrected chi connectivity index (χ3v) is 3.89. The molecular weight excluding hydrogens is 240 g/mol. The normalized spacial score (nSPS) is 14.7. The van der Waals surface area contributed by atoms with Crippen molar-refractivity contribution in [3.05, 3.63) is 29.8 Å². The molecule has 1 heterocycles. The molecule has 0 N–H and O–H groups in total. The van der Waals surface area contributed by atoms with Crippen molar-refractivity contribution in [2.45, 2.75) is 44.4 Å². The third-order valence-electron chi connectivity index (χ3n) is 2.78. The molecule has 0 aromatic heterocycles. The van der Waals surface area contributed by atoms with Gasteiger partial charge in [0.2, 0.25) is 0 Å². The molecule has 0 spiro atoms. The minimum Gasteiger partial charge on any atom is -0.246 e. The van der Waals surface area contributed by atoms with Gasteiger partial charge in [-0.05, 0) is 49.1 Å². The third kappa shape index (κ3) is 5.57. The lowest BCUT2D eigenvalue weighted by Gasteiger charge is -2.12. The first kappa shape index (κ1) is 15.1. The molecule has 2 nitrogen and oxygen atoms in total. The van der Waals surface area contributed by atoms with Crippen LogP contribution in [-0.2, 0) is 0 Å². The van der Waals surface area contributed by atoms with Crippen LogP contribution in [0.3, 0.4) is 0 Å². The fraction of sp³-hybridized carbons (Fsp3) is 0.533. The minimum atomic E-state index is 0.732. The Balaban J connectivity index is 0.000000357. The second-order valence-electron chi connectivity index (χ2n) is 4.36. The Morgan fingerprint density at radius 3 is 2.11 bits per heavy atom. The van der Waals surface area contributed by atoms with E-state index in [0.717, 1.165) is 5.56 Å². The second-order valence-corrected chi connectivity index (χ2v) is 5.53. The molecule has 18 heavy (non-hydrogen) atoms. The zero-order valence-corrected chi connectivity index (χ0v) is 12.2. The first-order valence-electron chi connectivity index (χ1n) is 6.73.